The topological polar surface area (TPSA) is 58.4 Å². The van der Waals surface area contributed by atoms with E-state index in [9.17, 15) is 4.79 Å². The van der Waals surface area contributed by atoms with Crippen LogP contribution in [0.4, 0.5) is 0 Å². The van der Waals surface area contributed by atoms with Gasteiger partial charge in [-0.1, -0.05) is 24.3 Å². The molecule has 1 aliphatic rings. The van der Waals surface area contributed by atoms with Crippen LogP contribution in [0.5, 0.6) is 0 Å². The number of nitrogens with two attached hydrogens (primary N) is 1. The minimum Gasteiger partial charge on any atom is -0.368 e. The molecule has 1 aromatic carbocycles. The van der Waals surface area contributed by atoms with Crippen molar-refractivity contribution in [3.8, 4) is 0 Å². The second-order valence-corrected chi connectivity index (χ2v) is 5.34. The molecule has 1 aliphatic heterocycles. The molecule has 19 heavy (non-hydrogen) atoms. The third-order valence-electron chi connectivity index (χ3n) is 4.12. The van der Waals surface area contributed by atoms with Crippen LogP contribution in [-0.2, 0) is 10.3 Å². The molecule has 1 aromatic rings. The number of carbonyl (C=O) groups is 1. The summed E-state index contributed by atoms with van der Waals surface area (Å²) in [5.74, 6) is -0.274. The van der Waals surface area contributed by atoms with E-state index in [1.165, 1.54) is 0 Å². The normalized spacial score (nSPS) is 20.5. The molecule has 3 N–H and O–H groups in total. The van der Waals surface area contributed by atoms with Crippen LogP contribution in [0.3, 0.4) is 0 Å². The number of hydrogen-bond donors (Lipinski definition) is 2. The highest BCUT2D eigenvalue weighted by Crippen LogP contribution is 2.30. The summed E-state index contributed by atoms with van der Waals surface area (Å²) in [6, 6.07) is 8.01. The zero-order valence-corrected chi connectivity index (χ0v) is 11.8. The van der Waals surface area contributed by atoms with Gasteiger partial charge < -0.3 is 11.1 Å². The molecule has 1 saturated heterocycles. The third kappa shape index (κ3) is 2.65. The summed E-state index contributed by atoms with van der Waals surface area (Å²) in [7, 11) is 0. The Balaban J connectivity index is 2.42. The van der Waals surface area contributed by atoms with Gasteiger partial charge in [-0.25, -0.2) is 0 Å². The van der Waals surface area contributed by atoms with Crippen molar-refractivity contribution in [1.82, 2.24) is 10.2 Å². The molecular weight excluding hydrogens is 238 g/mol. The molecule has 1 atom stereocenters. The summed E-state index contributed by atoms with van der Waals surface area (Å²) >= 11 is 0. The Morgan fingerprint density at radius 2 is 2.05 bits per heavy atom. The second kappa shape index (κ2) is 5.72. The number of primary amides is 1. The van der Waals surface area contributed by atoms with E-state index in [1.807, 2.05) is 38.1 Å². The number of nitrogens with zero attached hydrogens (tertiary/aromatic N) is 1. The van der Waals surface area contributed by atoms with E-state index in [0.717, 1.165) is 43.7 Å². The van der Waals surface area contributed by atoms with Gasteiger partial charge >= 0.3 is 0 Å². The highest BCUT2D eigenvalue weighted by Gasteiger charge is 2.40. The maximum Gasteiger partial charge on any atom is 0.242 e. The van der Waals surface area contributed by atoms with Crippen LogP contribution < -0.4 is 11.1 Å². The van der Waals surface area contributed by atoms with Gasteiger partial charge in [0.1, 0.15) is 5.54 Å². The van der Waals surface area contributed by atoms with E-state index in [2.05, 4.69) is 10.2 Å². The molecule has 4 nitrogen and oxygen atoms in total. The Hall–Kier alpha value is -1.39. The van der Waals surface area contributed by atoms with E-state index in [0.29, 0.717) is 0 Å². The lowest BCUT2D eigenvalue weighted by molar-refractivity contribution is -0.130. The van der Waals surface area contributed by atoms with Gasteiger partial charge in [-0.15, -0.1) is 0 Å². The summed E-state index contributed by atoms with van der Waals surface area (Å²) in [6.07, 6.45) is 1.04. The Labute approximate surface area is 115 Å². The first-order chi connectivity index (χ1) is 9.06. The lowest BCUT2D eigenvalue weighted by atomic mass is 9.86. The molecular formula is C15H23N3O. The largest absolute Gasteiger partial charge is 0.368 e. The molecule has 0 spiro atoms. The molecule has 0 aliphatic carbocycles. The van der Waals surface area contributed by atoms with E-state index in [-0.39, 0.29) is 5.91 Å². The van der Waals surface area contributed by atoms with E-state index in [1.54, 1.807) is 0 Å². The molecule has 0 bridgehead atoms. The minimum atomic E-state index is -0.725. The molecule has 1 fully saturated rings. The Bertz CT molecular complexity index is 452. The van der Waals surface area contributed by atoms with Crippen molar-refractivity contribution < 1.29 is 4.79 Å². The van der Waals surface area contributed by atoms with Crippen molar-refractivity contribution in [3.05, 3.63) is 35.4 Å². The van der Waals surface area contributed by atoms with Gasteiger partial charge in [0.05, 0.1) is 0 Å². The first kappa shape index (κ1) is 14.0. The number of carbonyl (C=O) groups excluding carboxylic acids is 1. The highest BCUT2D eigenvalue weighted by molar-refractivity contribution is 5.86. The highest BCUT2D eigenvalue weighted by atomic mass is 16.1. The average Bonchev–Trinajstić information content (AvgIpc) is 2.67. The van der Waals surface area contributed by atoms with Crippen LogP contribution in [0.1, 0.15) is 24.5 Å². The SMILES string of the molecule is Cc1ccccc1C(C)(C(N)=O)N1CCCNCC1. The maximum absolute atomic E-state index is 12.1. The number of aryl methyl sites for hydroxylation is 1. The quantitative estimate of drug-likeness (QED) is 0.853. The fourth-order valence-electron chi connectivity index (χ4n) is 2.87. The van der Waals surface area contributed by atoms with E-state index >= 15 is 0 Å². The van der Waals surface area contributed by atoms with Crippen LogP contribution in [0.15, 0.2) is 24.3 Å². The summed E-state index contributed by atoms with van der Waals surface area (Å²) in [6.45, 7) is 7.61. The standard InChI is InChI=1S/C15H23N3O/c1-12-6-3-4-7-13(12)15(2,14(16)19)18-10-5-8-17-9-11-18/h3-4,6-7,17H,5,8-11H2,1-2H3,(H2,16,19). The Kier molecular flexibility index (Phi) is 4.22. The molecule has 0 saturated carbocycles. The van der Waals surface area contributed by atoms with Gasteiger partial charge in [0.25, 0.3) is 0 Å². The van der Waals surface area contributed by atoms with Gasteiger partial charge in [-0.2, -0.15) is 0 Å². The molecule has 4 heteroatoms. The monoisotopic (exact) mass is 261 g/mol. The number of benzene rings is 1. The van der Waals surface area contributed by atoms with Crippen molar-refractivity contribution in [2.45, 2.75) is 25.8 Å². The van der Waals surface area contributed by atoms with Crippen molar-refractivity contribution in [2.75, 3.05) is 26.2 Å². The number of nitrogens with one attached hydrogen (secondary N) is 1. The van der Waals surface area contributed by atoms with Crippen molar-refractivity contribution in [1.29, 1.82) is 0 Å². The summed E-state index contributed by atoms with van der Waals surface area (Å²) < 4.78 is 0. The van der Waals surface area contributed by atoms with Crippen LogP contribution in [0.2, 0.25) is 0 Å². The van der Waals surface area contributed by atoms with Crippen LogP contribution in [0, 0.1) is 6.92 Å². The van der Waals surface area contributed by atoms with Gasteiger partial charge in [0.2, 0.25) is 5.91 Å². The fourth-order valence-corrected chi connectivity index (χ4v) is 2.87. The molecule has 2 rings (SSSR count). The van der Waals surface area contributed by atoms with Gasteiger partial charge in [0.15, 0.2) is 0 Å². The van der Waals surface area contributed by atoms with Crippen LogP contribution in [-0.4, -0.2) is 37.0 Å². The molecule has 104 valence electrons. The van der Waals surface area contributed by atoms with E-state index in [4.69, 9.17) is 5.73 Å². The van der Waals surface area contributed by atoms with Crippen molar-refractivity contribution in [2.24, 2.45) is 5.73 Å². The first-order valence-electron chi connectivity index (χ1n) is 6.88. The van der Waals surface area contributed by atoms with Gasteiger partial charge in [0, 0.05) is 19.6 Å². The first-order valence-corrected chi connectivity index (χ1v) is 6.88. The van der Waals surface area contributed by atoms with E-state index < -0.39 is 5.54 Å². The molecule has 0 aromatic heterocycles. The fraction of sp³-hybridized carbons (Fsp3) is 0.533. The lowest BCUT2D eigenvalue weighted by Crippen LogP contribution is -2.54. The number of amides is 1. The molecule has 1 amide bonds. The smallest absolute Gasteiger partial charge is 0.242 e. The zero-order chi connectivity index (χ0) is 13.9. The lowest BCUT2D eigenvalue weighted by Gasteiger charge is -2.39. The molecule has 0 radical (unpaired) electrons. The number of rotatable bonds is 3. The number of hydrogen-bond acceptors (Lipinski definition) is 3. The van der Waals surface area contributed by atoms with Gasteiger partial charge in [-0.3, -0.25) is 9.69 Å². The minimum absolute atomic E-state index is 0.274. The van der Waals surface area contributed by atoms with Crippen molar-refractivity contribution in [3.63, 3.8) is 0 Å². The predicted octanol–water partition coefficient (Wildman–Crippen LogP) is 0.991. The molecule has 1 heterocycles. The second-order valence-electron chi connectivity index (χ2n) is 5.34. The van der Waals surface area contributed by atoms with Crippen LogP contribution in [0.25, 0.3) is 0 Å². The van der Waals surface area contributed by atoms with Gasteiger partial charge in [-0.05, 0) is 37.9 Å². The van der Waals surface area contributed by atoms with Crippen LogP contribution >= 0.6 is 0 Å². The average molecular weight is 261 g/mol. The summed E-state index contributed by atoms with van der Waals surface area (Å²) in [5.41, 5.74) is 7.16. The molecule has 1 unspecified atom stereocenters. The predicted molar refractivity (Wildman–Crippen MR) is 76.8 cm³/mol. The summed E-state index contributed by atoms with van der Waals surface area (Å²) in [5, 5.41) is 3.36. The summed E-state index contributed by atoms with van der Waals surface area (Å²) in [4.78, 5) is 14.4. The zero-order valence-electron chi connectivity index (χ0n) is 11.8. The Morgan fingerprint density at radius 1 is 1.32 bits per heavy atom. The maximum atomic E-state index is 12.1. The Morgan fingerprint density at radius 3 is 2.74 bits per heavy atom. The van der Waals surface area contributed by atoms with Crippen molar-refractivity contribution >= 4 is 5.91 Å². The third-order valence-corrected chi connectivity index (χ3v) is 4.12.